The third-order valence-electron chi connectivity index (χ3n) is 2.01. The molecule has 2 atom stereocenters. The largest absolute Gasteiger partial charge is 0.481 e. The molecular formula is C8H14O2. The summed E-state index contributed by atoms with van der Waals surface area (Å²) < 4.78 is 0. The van der Waals surface area contributed by atoms with Crippen molar-refractivity contribution in [2.75, 3.05) is 0 Å². The van der Waals surface area contributed by atoms with Gasteiger partial charge >= 0.3 is 5.97 Å². The van der Waals surface area contributed by atoms with Crippen LogP contribution in [0.15, 0.2) is 0 Å². The number of rotatable bonds is 3. The van der Waals surface area contributed by atoms with Gasteiger partial charge in [-0.3, -0.25) is 4.79 Å². The van der Waals surface area contributed by atoms with Gasteiger partial charge in [-0.15, -0.1) is 0 Å². The average Bonchev–Trinajstić information content (AvgIpc) is 2.43. The molecule has 1 rings (SSSR count). The predicted octanol–water partition coefficient (Wildman–Crippen LogP) is 1.75. The van der Waals surface area contributed by atoms with Crippen molar-refractivity contribution in [3.05, 3.63) is 0 Å². The summed E-state index contributed by atoms with van der Waals surface area (Å²) in [4.78, 5) is 10.4. The molecule has 0 aromatic heterocycles. The van der Waals surface area contributed by atoms with Crippen LogP contribution in [0.5, 0.6) is 0 Å². The summed E-state index contributed by atoms with van der Waals surface area (Å²) in [6, 6.07) is 0. The van der Waals surface area contributed by atoms with Gasteiger partial charge in [0.05, 0.1) is 5.92 Å². The molecule has 0 spiro atoms. The number of carbonyl (C=O) groups is 1. The Labute approximate surface area is 61.2 Å². The highest BCUT2D eigenvalue weighted by atomic mass is 16.4. The van der Waals surface area contributed by atoms with E-state index < -0.39 is 5.97 Å². The third-order valence-corrected chi connectivity index (χ3v) is 2.01. The Morgan fingerprint density at radius 3 is 2.60 bits per heavy atom. The van der Waals surface area contributed by atoms with Crippen molar-refractivity contribution in [2.45, 2.75) is 26.7 Å². The van der Waals surface area contributed by atoms with Crippen molar-refractivity contribution in [1.29, 1.82) is 0 Å². The van der Waals surface area contributed by atoms with E-state index in [0.29, 0.717) is 11.8 Å². The van der Waals surface area contributed by atoms with Gasteiger partial charge in [0.25, 0.3) is 0 Å². The zero-order valence-electron chi connectivity index (χ0n) is 6.50. The van der Waals surface area contributed by atoms with Gasteiger partial charge in [0, 0.05) is 0 Å². The molecule has 2 nitrogen and oxygen atoms in total. The van der Waals surface area contributed by atoms with Gasteiger partial charge in [-0.05, 0) is 24.7 Å². The van der Waals surface area contributed by atoms with Crippen molar-refractivity contribution >= 4 is 5.97 Å². The lowest BCUT2D eigenvalue weighted by Crippen LogP contribution is -2.00. The van der Waals surface area contributed by atoms with E-state index in [2.05, 4.69) is 13.8 Å². The van der Waals surface area contributed by atoms with Crippen LogP contribution in [0.4, 0.5) is 0 Å². The second-order valence-corrected chi connectivity index (χ2v) is 3.57. The topological polar surface area (TPSA) is 37.3 Å². The molecule has 1 aliphatic rings. The Kier molecular flexibility index (Phi) is 1.97. The van der Waals surface area contributed by atoms with Crippen molar-refractivity contribution in [1.82, 2.24) is 0 Å². The Morgan fingerprint density at radius 2 is 2.30 bits per heavy atom. The molecule has 1 fully saturated rings. The fourth-order valence-electron chi connectivity index (χ4n) is 1.42. The van der Waals surface area contributed by atoms with Gasteiger partial charge in [-0.25, -0.2) is 0 Å². The van der Waals surface area contributed by atoms with Crippen LogP contribution in [0.3, 0.4) is 0 Å². The van der Waals surface area contributed by atoms with Crippen LogP contribution in [-0.2, 0) is 4.79 Å². The highest BCUT2D eigenvalue weighted by molar-refractivity contribution is 5.73. The Balaban J connectivity index is 2.20. The zero-order chi connectivity index (χ0) is 7.72. The van der Waals surface area contributed by atoms with Gasteiger partial charge < -0.3 is 5.11 Å². The molecule has 0 unspecified atom stereocenters. The molecule has 58 valence electrons. The molecule has 0 aromatic carbocycles. The van der Waals surface area contributed by atoms with Crippen LogP contribution >= 0.6 is 0 Å². The van der Waals surface area contributed by atoms with Crippen molar-refractivity contribution < 1.29 is 9.90 Å². The first-order valence-corrected chi connectivity index (χ1v) is 3.84. The Morgan fingerprint density at radius 1 is 1.70 bits per heavy atom. The Hall–Kier alpha value is -0.530. The first-order valence-electron chi connectivity index (χ1n) is 3.84. The van der Waals surface area contributed by atoms with Gasteiger partial charge in [0.15, 0.2) is 0 Å². The second kappa shape index (κ2) is 2.60. The normalized spacial score (nSPS) is 30.7. The fraction of sp³-hybridized carbons (Fsp3) is 0.875. The zero-order valence-corrected chi connectivity index (χ0v) is 6.50. The molecule has 1 N–H and O–H groups in total. The summed E-state index contributed by atoms with van der Waals surface area (Å²) in [7, 11) is 0. The second-order valence-electron chi connectivity index (χ2n) is 3.57. The van der Waals surface area contributed by atoms with Crippen LogP contribution in [0.2, 0.25) is 0 Å². The number of carboxylic acids is 1. The van der Waals surface area contributed by atoms with E-state index in [1.54, 1.807) is 0 Å². The van der Waals surface area contributed by atoms with Crippen LogP contribution < -0.4 is 0 Å². The molecule has 0 radical (unpaired) electrons. The summed E-state index contributed by atoms with van der Waals surface area (Å²) in [6.07, 6.45) is 1.99. The van der Waals surface area contributed by atoms with Crippen LogP contribution in [0.1, 0.15) is 26.7 Å². The standard InChI is InChI=1S/C8H14O2/c1-5(2)3-6-4-7(6)8(9)10/h5-7H,3-4H2,1-2H3,(H,9,10)/t6-,7-/m0/s1. The summed E-state index contributed by atoms with van der Waals surface area (Å²) in [6.45, 7) is 4.27. The average molecular weight is 142 g/mol. The molecule has 1 aliphatic carbocycles. The molecule has 0 aromatic rings. The lowest BCUT2D eigenvalue weighted by atomic mass is 10.1. The summed E-state index contributed by atoms with van der Waals surface area (Å²) in [5, 5.41) is 8.54. The smallest absolute Gasteiger partial charge is 0.306 e. The molecule has 0 heterocycles. The van der Waals surface area contributed by atoms with Crippen molar-refractivity contribution in [2.24, 2.45) is 17.8 Å². The van der Waals surface area contributed by atoms with Gasteiger partial charge in [0.1, 0.15) is 0 Å². The minimum atomic E-state index is -0.606. The molecule has 0 saturated heterocycles. The van der Waals surface area contributed by atoms with E-state index in [4.69, 9.17) is 5.11 Å². The highest BCUT2D eigenvalue weighted by Gasteiger charge is 2.42. The lowest BCUT2D eigenvalue weighted by Gasteiger charge is -2.00. The minimum absolute atomic E-state index is 0.0117. The first-order chi connectivity index (χ1) is 4.61. The van der Waals surface area contributed by atoms with E-state index in [9.17, 15) is 4.79 Å². The molecular weight excluding hydrogens is 128 g/mol. The number of carboxylic acid groups (broad SMARTS) is 1. The van der Waals surface area contributed by atoms with Gasteiger partial charge in [0.2, 0.25) is 0 Å². The van der Waals surface area contributed by atoms with Crippen molar-refractivity contribution in [3.63, 3.8) is 0 Å². The minimum Gasteiger partial charge on any atom is -0.481 e. The molecule has 2 heteroatoms. The SMILES string of the molecule is CC(C)C[C@H]1C[C@@H]1C(=O)O. The van der Waals surface area contributed by atoms with Crippen LogP contribution in [0.25, 0.3) is 0 Å². The lowest BCUT2D eigenvalue weighted by molar-refractivity contribution is -0.138. The molecule has 0 amide bonds. The van der Waals surface area contributed by atoms with Crippen LogP contribution in [0, 0.1) is 17.8 Å². The predicted molar refractivity (Wildman–Crippen MR) is 38.7 cm³/mol. The summed E-state index contributed by atoms with van der Waals surface area (Å²) in [5.74, 6) is 0.514. The fourth-order valence-corrected chi connectivity index (χ4v) is 1.42. The molecule has 1 saturated carbocycles. The van der Waals surface area contributed by atoms with Gasteiger partial charge in [-0.2, -0.15) is 0 Å². The molecule has 0 aliphatic heterocycles. The summed E-state index contributed by atoms with van der Waals surface area (Å²) in [5.41, 5.74) is 0. The van der Waals surface area contributed by atoms with E-state index in [0.717, 1.165) is 12.8 Å². The van der Waals surface area contributed by atoms with E-state index >= 15 is 0 Å². The van der Waals surface area contributed by atoms with E-state index in [-0.39, 0.29) is 5.92 Å². The highest BCUT2D eigenvalue weighted by Crippen LogP contribution is 2.42. The first kappa shape index (κ1) is 7.58. The maximum Gasteiger partial charge on any atom is 0.306 e. The van der Waals surface area contributed by atoms with Crippen LogP contribution in [-0.4, -0.2) is 11.1 Å². The maximum atomic E-state index is 10.4. The third kappa shape index (κ3) is 1.72. The number of hydrogen-bond acceptors (Lipinski definition) is 1. The molecule has 10 heavy (non-hydrogen) atoms. The Bertz CT molecular complexity index is 140. The monoisotopic (exact) mass is 142 g/mol. The maximum absolute atomic E-state index is 10.4. The van der Waals surface area contributed by atoms with Gasteiger partial charge in [-0.1, -0.05) is 13.8 Å². The molecule has 0 bridgehead atoms. The quantitative estimate of drug-likeness (QED) is 0.651. The van der Waals surface area contributed by atoms with Crippen molar-refractivity contribution in [3.8, 4) is 0 Å². The van der Waals surface area contributed by atoms with E-state index in [1.165, 1.54) is 0 Å². The number of hydrogen-bond donors (Lipinski definition) is 1. The van der Waals surface area contributed by atoms with E-state index in [1.807, 2.05) is 0 Å². The summed E-state index contributed by atoms with van der Waals surface area (Å²) >= 11 is 0. The number of aliphatic carboxylic acids is 1.